The highest BCUT2D eigenvalue weighted by molar-refractivity contribution is 7.89. The summed E-state index contributed by atoms with van der Waals surface area (Å²) in [6, 6.07) is 18.8. The summed E-state index contributed by atoms with van der Waals surface area (Å²) in [5.41, 5.74) is 1.43. The minimum Gasteiger partial charge on any atom is -0.380 e. The molecule has 10 heteroatoms. The molecule has 0 spiro atoms. The number of benzene rings is 3. The molecule has 1 fully saturated rings. The predicted octanol–water partition coefficient (Wildman–Crippen LogP) is 2.87. The van der Waals surface area contributed by atoms with Gasteiger partial charge in [0.25, 0.3) is 5.91 Å². The molecule has 2 amide bonds. The fourth-order valence-corrected chi connectivity index (χ4v) is 5.02. The van der Waals surface area contributed by atoms with Crippen molar-refractivity contribution < 1.29 is 27.1 Å². The van der Waals surface area contributed by atoms with E-state index in [1.54, 1.807) is 0 Å². The van der Waals surface area contributed by atoms with E-state index in [0.29, 0.717) is 25.3 Å². The number of sulfonamides is 1. The third-order valence-corrected chi connectivity index (χ3v) is 7.23. The van der Waals surface area contributed by atoms with Gasteiger partial charge in [0, 0.05) is 30.3 Å². The summed E-state index contributed by atoms with van der Waals surface area (Å²) in [5.74, 6) is -1.47. The Hall–Kier alpha value is -3.60. The molecule has 36 heavy (non-hydrogen) atoms. The van der Waals surface area contributed by atoms with Gasteiger partial charge in [0.05, 0.1) is 11.5 Å². The zero-order valence-electron chi connectivity index (χ0n) is 19.3. The highest BCUT2D eigenvalue weighted by Crippen LogP contribution is 2.17. The number of hydrogen-bond acceptors (Lipinski definition) is 5. The maximum absolute atomic E-state index is 13.2. The van der Waals surface area contributed by atoms with Crippen LogP contribution in [-0.2, 0) is 26.0 Å². The van der Waals surface area contributed by atoms with Gasteiger partial charge in [-0.1, -0.05) is 30.3 Å². The van der Waals surface area contributed by atoms with E-state index < -0.39 is 33.7 Å². The first-order chi connectivity index (χ1) is 17.3. The van der Waals surface area contributed by atoms with Crippen LogP contribution in [0.25, 0.3) is 0 Å². The third kappa shape index (κ3) is 6.75. The molecule has 1 saturated heterocycles. The van der Waals surface area contributed by atoms with E-state index in [1.165, 1.54) is 48.5 Å². The number of carbonyl (C=O) groups is 2. The molecular formula is C26H26FN3O5S. The Morgan fingerprint density at radius 2 is 1.67 bits per heavy atom. The number of hydrogen-bond donors (Lipinski definition) is 3. The normalized spacial score (nSPS) is 16.3. The van der Waals surface area contributed by atoms with Gasteiger partial charge in [-0.05, 0) is 60.5 Å². The van der Waals surface area contributed by atoms with Crippen LogP contribution in [0.5, 0.6) is 0 Å². The van der Waals surface area contributed by atoms with Gasteiger partial charge in [-0.25, -0.2) is 17.5 Å². The molecule has 0 bridgehead atoms. The molecular weight excluding hydrogens is 485 g/mol. The maximum atomic E-state index is 13.2. The van der Waals surface area contributed by atoms with Crippen LogP contribution in [0.15, 0.2) is 83.8 Å². The van der Waals surface area contributed by atoms with Crippen molar-refractivity contribution in [3.05, 3.63) is 95.8 Å². The molecule has 2 atom stereocenters. The van der Waals surface area contributed by atoms with Crippen molar-refractivity contribution in [3.63, 3.8) is 0 Å². The predicted molar refractivity (Wildman–Crippen MR) is 132 cm³/mol. The lowest BCUT2D eigenvalue weighted by molar-refractivity contribution is -0.118. The molecule has 3 N–H and O–H groups in total. The number of amides is 2. The minimum absolute atomic E-state index is 0.0675. The lowest BCUT2D eigenvalue weighted by atomic mass is 10.0. The van der Waals surface area contributed by atoms with Gasteiger partial charge in [-0.2, -0.15) is 0 Å². The highest BCUT2D eigenvalue weighted by Gasteiger charge is 2.25. The van der Waals surface area contributed by atoms with Crippen LogP contribution in [0.3, 0.4) is 0 Å². The second kappa shape index (κ2) is 11.4. The van der Waals surface area contributed by atoms with Crippen LogP contribution in [-0.4, -0.2) is 45.5 Å². The quantitative estimate of drug-likeness (QED) is 0.409. The van der Waals surface area contributed by atoms with Crippen molar-refractivity contribution in [2.75, 3.05) is 18.5 Å². The van der Waals surface area contributed by atoms with E-state index in [1.807, 2.05) is 30.3 Å². The van der Waals surface area contributed by atoms with E-state index in [9.17, 15) is 22.4 Å². The number of nitrogens with one attached hydrogen (secondary N) is 3. The molecule has 188 valence electrons. The van der Waals surface area contributed by atoms with Crippen LogP contribution >= 0.6 is 0 Å². The Labute approximate surface area is 208 Å². The monoisotopic (exact) mass is 511 g/mol. The molecule has 0 saturated carbocycles. The molecule has 0 aliphatic carbocycles. The van der Waals surface area contributed by atoms with Gasteiger partial charge in [0.15, 0.2) is 0 Å². The van der Waals surface area contributed by atoms with Crippen molar-refractivity contribution in [3.8, 4) is 0 Å². The minimum atomic E-state index is -3.72. The molecule has 8 nitrogen and oxygen atoms in total. The summed E-state index contributed by atoms with van der Waals surface area (Å²) in [7, 11) is -3.72. The Kier molecular flexibility index (Phi) is 8.09. The fourth-order valence-electron chi connectivity index (χ4n) is 3.76. The lowest BCUT2D eigenvalue weighted by Gasteiger charge is -2.19. The topological polar surface area (TPSA) is 114 Å². The number of ether oxygens (including phenoxy) is 1. The van der Waals surface area contributed by atoms with E-state index in [-0.39, 0.29) is 22.9 Å². The summed E-state index contributed by atoms with van der Waals surface area (Å²) in [5, 5.41) is 5.44. The molecule has 1 aliphatic rings. The Balaban J connectivity index is 1.46. The maximum Gasteiger partial charge on any atom is 0.251 e. The molecule has 3 aromatic carbocycles. The van der Waals surface area contributed by atoms with Crippen LogP contribution in [0.4, 0.5) is 10.1 Å². The summed E-state index contributed by atoms with van der Waals surface area (Å²) >= 11 is 0. The van der Waals surface area contributed by atoms with Gasteiger partial charge in [0.2, 0.25) is 15.9 Å². The van der Waals surface area contributed by atoms with Gasteiger partial charge in [-0.3, -0.25) is 9.59 Å². The number of carbonyl (C=O) groups excluding carboxylic acids is 2. The lowest BCUT2D eigenvalue weighted by Crippen LogP contribution is -2.45. The van der Waals surface area contributed by atoms with Crippen molar-refractivity contribution in [1.82, 2.24) is 10.0 Å². The summed E-state index contributed by atoms with van der Waals surface area (Å²) in [6.45, 7) is 0.847. The van der Waals surface area contributed by atoms with Gasteiger partial charge >= 0.3 is 0 Å². The van der Waals surface area contributed by atoms with Crippen molar-refractivity contribution in [2.45, 2.75) is 29.8 Å². The fraction of sp³-hybridized carbons (Fsp3) is 0.231. The smallest absolute Gasteiger partial charge is 0.251 e. The van der Waals surface area contributed by atoms with Crippen molar-refractivity contribution >= 4 is 27.5 Å². The van der Waals surface area contributed by atoms with Crippen LogP contribution < -0.4 is 15.4 Å². The number of rotatable bonds is 9. The molecule has 4 rings (SSSR count). The first-order valence-corrected chi connectivity index (χ1v) is 12.9. The van der Waals surface area contributed by atoms with Crippen molar-refractivity contribution in [2.24, 2.45) is 0 Å². The van der Waals surface area contributed by atoms with Gasteiger partial charge in [0.1, 0.15) is 11.9 Å². The average molecular weight is 512 g/mol. The van der Waals surface area contributed by atoms with E-state index in [0.717, 1.165) is 5.56 Å². The standard InChI is InChI=1S/C26H26FN3O5S/c27-20-8-6-19(7-9-20)25(31)29-24(16-18-4-2-1-3-5-18)26(32)28-21-10-12-23(13-11-21)36(33,34)30-22-14-15-35-17-22/h1-13,22,24,30H,14-17H2,(H,28,32)(H,29,31). The first kappa shape index (κ1) is 25.5. The van der Waals surface area contributed by atoms with E-state index in [4.69, 9.17) is 4.74 Å². The molecule has 0 aromatic heterocycles. The Bertz CT molecular complexity index is 1290. The Morgan fingerprint density at radius 3 is 2.31 bits per heavy atom. The number of anilines is 1. The zero-order valence-corrected chi connectivity index (χ0v) is 20.1. The number of halogens is 1. The Morgan fingerprint density at radius 1 is 0.972 bits per heavy atom. The molecule has 1 aliphatic heterocycles. The van der Waals surface area contributed by atoms with E-state index >= 15 is 0 Å². The largest absolute Gasteiger partial charge is 0.380 e. The van der Waals surface area contributed by atoms with Gasteiger partial charge in [-0.15, -0.1) is 0 Å². The van der Waals surface area contributed by atoms with Crippen LogP contribution in [0, 0.1) is 5.82 Å². The second-order valence-electron chi connectivity index (χ2n) is 8.42. The molecule has 0 radical (unpaired) electrons. The van der Waals surface area contributed by atoms with Crippen LogP contribution in [0.2, 0.25) is 0 Å². The zero-order chi connectivity index (χ0) is 25.5. The molecule has 3 aromatic rings. The summed E-state index contributed by atoms with van der Waals surface area (Å²) in [4.78, 5) is 25.9. The highest BCUT2D eigenvalue weighted by atomic mass is 32.2. The van der Waals surface area contributed by atoms with Crippen molar-refractivity contribution in [1.29, 1.82) is 0 Å². The second-order valence-corrected chi connectivity index (χ2v) is 10.1. The summed E-state index contributed by atoms with van der Waals surface area (Å²) < 4.78 is 46.2. The SMILES string of the molecule is O=C(NC(Cc1ccccc1)C(=O)Nc1ccc(S(=O)(=O)NC2CCOC2)cc1)c1ccc(F)cc1. The summed E-state index contributed by atoms with van der Waals surface area (Å²) in [6.07, 6.45) is 0.833. The molecule has 1 heterocycles. The third-order valence-electron chi connectivity index (χ3n) is 5.69. The van der Waals surface area contributed by atoms with E-state index in [2.05, 4.69) is 15.4 Å². The first-order valence-electron chi connectivity index (χ1n) is 11.4. The average Bonchev–Trinajstić information content (AvgIpc) is 3.37. The van der Waals surface area contributed by atoms with Crippen LogP contribution in [0.1, 0.15) is 22.3 Å². The van der Waals surface area contributed by atoms with Gasteiger partial charge < -0.3 is 15.4 Å². The molecule has 2 unspecified atom stereocenters.